The van der Waals surface area contributed by atoms with Crippen LogP contribution < -0.4 is 0 Å². The molecule has 8 aliphatic rings. The second-order valence-corrected chi connectivity index (χ2v) is 29.4. The predicted octanol–water partition coefficient (Wildman–Crippen LogP) is 11.6. The lowest BCUT2D eigenvalue weighted by atomic mass is 9.78. The fourth-order valence-corrected chi connectivity index (χ4v) is 13.5. The molecule has 8 heterocycles. The van der Waals surface area contributed by atoms with Crippen molar-refractivity contribution in [2.24, 2.45) is 23.7 Å². The van der Waals surface area contributed by atoms with Crippen LogP contribution in [0.2, 0.25) is 18.1 Å². The Morgan fingerprint density at radius 2 is 1.63 bits per heavy atom. The van der Waals surface area contributed by atoms with Crippen LogP contribution in [-0.2, 0) is 47.1 Å². The highest BCUT2D eigenvalue weighted by atomic mass is 79.9. The Hall–Kier alpha value is -1.78. The van der Waals surface area contributed by atoms with Gasteiger partial charge in [-0.05, 0) is 103 Å². The maximum Gasteiger partial charge on any atom is 0.338 e. The van der Waals surface area contributed by atoms with Crippen molar-refractivity contribution in [1.82, 2.24) is 0 Å². The number of benzene rings is 1. The number of hydrogen-bond acceptors (Lipinski definition) is 11. The topological polar surface area (TPSA) is 117 Å². The minimum Gasteiger partial charge on any atom is -0.458 e. The van der Waals surface area contributed by atoms with Crippen LogP contribution >= 0.6 is 15.9 Å². The minimum atomic E-state index is -1.90. The summed E-state index contributed by atoms with van der Waals surface area (Å²) in [4.78, 5) is 27.6. The first-order valence-corrected chi connectivity index (χ1v) is 30.0. The molecule has 0 radical (unpaired) electrons. The third kappa shape index (κ3) is 11.8. The van der Waals surface area contributed by atoms with E-state index in [0.29, 0.717) is 62.5 Å². The van der Waals surface area contributed by atoms with Gasteiger partial charge in [-0.3, -0.25) is 4.79 Å². The molecule has 0 N–H and O–H groups in total. The number of ketones is 1. The largest absolute Gasteiger partial charge is 0.458 e. The Bertz CT molecular complexity index is 1920. The van der Waals surface area contributed by atoms with Gasteiger partial charge in [0, 0.05) is 45.1 Å². The zero-order valence-corrected chi connectivity index (χ0v) is 45.2. The number of rotatable bonds is 21. The lowest BCUT2D eigenvalue weighted by Gasteiger charge is -2.47. The average molecular weight is 1030 g/mol. The molecular weight excluding hydrogens is 945 g/mol. The average Bonchev–Trinajstić information content (AvgIpc) is 3.83. The molecule has 11 nitrogen and oxygen atoms in total. The molecule has 8 aliphatic heterocycles. The van der Waals surface area contributed by atoms with Gasteiger partial charge in [-0.15, -0.1) is 0 Å². The molecule has 1 aromatic rings. The monoisotopic (exact) mass is 1030 g/mol. The number of carbonyl (C=O) groups excluding carboxylic acids is 2. The van der Waals surface area contributed by atoms with Crippen molar-refractivity contribution in [3.63, 3.8) is 0 Å². The van der Waals surface area contributed by atoms with E-state index in [2.05, 4.69) is 90.6 Å². The summed E-state index contributed by atoms with van der Waals surface area (Å²) >= 11 is 3.50. The molecule has 380 valence electrons. The Balaban J connectivity index is 0.923. The highest BCUT2D eigenvalue weighted by molar-refractivity contribution is 9.11. The number of carbonyl (C=O) groups is 2. The SMILES string of the molecule is C=C(Br)C[C@@H](CC[C@@]12CC3OC4[C@@H](O1)C1O[C@@H](CC(=O)C[C@H]5C(C[C@H]6O[C@@H](CCCC)C[C@@H](C)C6=C)O[C@H](C[C@H](C)CO[Si](C)(C)C(C)(C)C)[C@@H]5C)CC[C@@H]1O[C@H]4[C@H]3O2)OC(=O)c1ccccc1. The second-order valence-electron chi connectivity index (χ2n) is 23.4. The number of Topliss-reactive ketones (excluding diaryl/α,β-unsaturated/α-hetero) is 1. The van der Waals surface area contributed by atoms with E-state index in [0.717, 1.165) is 61.4 Å². The highest BCUT2D eigenvalue weighted by Crippen LogP contribution is 2.54. The lowest BCUT2D eigenvalue weighted by Crippen LogP contribution is -2.61. The van der Waals surface area contributed by atoms with E-state index < -0.39 is 32.4 Å². The van der Waals surface area contributed by atoms with E-state index in [9.17, 15) is 9.59 Å². The molecule has 68 heavy (non-hydrogen) atoms. The van der Waals surface area contributed by atoms with E-state index >= 15 is 0 Å². The molecule has 0 aliphatic carbocycles. The van der Waals surface area contributed by atoms with Crippen LogP contribution in [0, 0.1) is 23.7 Å². The molecule has 0 spiro atoms. The van der Waals surface area contributed by atoms with Crippen LogP contribution in [0.25, 0.3) is 0 Å². The zero-order chi connectivity index (χ0) is 48.7. The molecule has 0 saturated carbocycles. The van der Waals surface area contributed by atoms with Crippen molar-refractivity contribution in [2.75, 3.05) is 6.61 Å². The van der Waals surface area contributed by atoms with E-state index in [1.807, 2.05) is 18.2 Å². The molecule has 0 aromatic heterocycles. The van der Waals surface area contributed by atoms with E-state index in [1.165, 1.54) is 0 Å². The van der Waals surface area contributed by atoms with Crippen LogP contribution in [0.3, 0.4) is 0 Å². The quantitative estimate of drug-likeness (QED) is 0.0665. The number of esters is 1. The van der Waals surface area contributed by atoms with Crippen molar-refractivity contribution in [1.29, 1.82) is 0 Å². The number of fused-ring (bicyclic) bond motifs is 1. The smallest absolute Gasteiger partial charge is 0.338 e. The lowest BCUT2D eigenvalue weighted by molar-refractivity contribution is -0.292. The van der Waals surface area contributed by atoms with Crippen LogP contribution in [0.15, 0.2) is 53.5 Å². The summed E-state index contributed by atoms with van der Waals surface area (Å²) < 4.78 is 61.6. The van der Waals surface area contributed by atoms with Gasteiger partial charge >= 0.3 is 5.97 Å². The summed E-state index contributed by atoms with van der Waals surface area (Å²) in [7, 11) is -1.90. The first-order valence-electron chi connectivity index (χ1n) is 26.3. The second kappa shape index (κ2) is 21.7. The van der Waals surface area contributed by atoms with E-state index in [4.69, 9.17) is 42.3 Å². The Morgan fingerprint density at radius 1 is 0.912 bits per heavy atom. The van der Waals surface area contributed by atoms with E-state index in [1.54, 1.807) is 12.1 Å². The van der Waals surface area contributed by atoms with Gasteiger partial charge < -0.3 is 42.3 Å². The Kier molecular flexibility index (Phi) is 16.8. The van der Waals surface area contributed by atoms with Gasteiger partial charge in [0.2, 0.25) is 0 Å². The molecule has 4 unspecified atom stereocenters. The molecule has 9 rings (SSSR count). The summed E-state index contributed by atoms with van der Waals surface area (Å²) in [5.74, 6) is -0.177. The minimum absolute atomic E-state index is 0.0212. The van der Waals surface area contributed by atoms with Gasteiger partial charge in [-0.1, -0.05) is 109 Å². The predicted molar refractivity (Wildman–Crippen MR) is 268 cm³/mol. The number of unbranched alkanes of at least 4 members (excludes halogenated alkanes) is 1. The van der Waals surface area contributed by atoms with Crippen molar-refractivity contribution in [2.45, 2.75) is 242 Å². The van der Waals surface area contributed by atoms with Gasteiger partial charge in [0.05, 0.1) is 48.3 Å². The molecule has 1 aromatic carbocycles. The fraction of sp³-hybridized carbons (Fsp3) is 0.782. The van der Waals surface area contributed by atoms with Gasteiger partial charge in [-0.25, -0.2) is 4.79 Å². The normalized spacial score (nSPS) is 38.5. The molecular formula is C55H83BrO11Si. The molecule has 8 saturated heterocycles. The fourth-order valence-electron chi connectivity index (χ4n) is 12.0. The number of hydrogen-bond donors (Lipinski definition) is 0. The van der Waals surface area contributed by atoms with Gasteiger partial charge in [-0.2, -0.15) is 0 Å². The van der Waals surface area contributed by atoms with Gasteiger partial charge in [0.1, 0.15) is 42.4 Å². The third-order valence-electron chi connectivity index (χ3n) is 17.1. The maximum atomic E-state index is 14.5. The molecule has 8 fully saturated rings. The molecule has 6 bridgehead atoms. The summed E-state index contributed by atoms with van der Waals surface area (Å²) in [6, 6.07) is 9.04. The standard InChI is InChI=1S/C55H83BrO11Si/c1-12-13-19-39-25-33(3)35(5)45(60-39)29-46-42(36(6)44(63-46)24-32(2)31-59-68(10,11)54(7,8)9)28-38(57)27-40-20-21-43-48(61-40)52-51-50(64-43)49-47(65-51)30-55(66-49,67-52)23-22-41(26-34(4)56)62-53(58)37-17-15-14-16-18-37/h14-18,32-33,36,39-52H,4-5,12-13,19-31H2,1-3,6-11H3/t32-,33+,36+,39-,40+,41+,42+,43-,44+,45+,46?,47?,48?,49-,50-,51?,52-,55-/m0/s1. The van der Waals surface area contributed by atoms with Crippen molar-refractivity contribution in [3.05, 3.63) is 59.1 Å². The first-order chi connectivity index (χ1) is 32.2. The molecule has 13 heteroatoms. The molecule has 0 amide bonds. The number of ether oxygens (including phenoxy) is 8. The Morgan fingerprint density at radius 3 is 2.35 bits per heavy atom. The van der Waals surface area contributed by atoms with Crippen molar-refractivity contribution >= 4 is 36.0 Å². The van der Waals surface area contributed by atoms with Crippen LogP contribution in [0.4, 0.5) is 0 Å². The van der Waals surface area contributed by atoms with Crippen molar-refractivity contribution in [3.8, 4) is 0 Å². The molecule has 18 atom stereocenters. The van der Waals surface area contributed by atoms with Crippen LogP contribution in [-0.4, -0.2) is 112 Å². The maximum absolute atomic E-state index is 14.5. The van der Waals surface area contributed by atoms with Gasteiger partial charge in [0.25, 0.3) is 0 Å². The first kappa shape index (κ1) is 52.5. The van der Waals surface area contributed by atoms with Gasteiger partial charge in [0.15, 0.2) is 14.1 Å². The van der Waals surface area contributed by atoms with Crippen LogP contribution in [0.5, 0.6) is 0 Å². The Labute approximate surface area is 417 Å². The summed E-state index contributed by atoms with van der Waals surface area (Å²) in [6.07, 6.45) is 7.56. The van der Waals surface area contributed by atoms with Crippen LogP contribution in [0.1, 0.15) is 149 Å². The third-order valence-corrected chi connectivity index (χ3v) is 22.0. The summed E-state index contributed by atoms with van der Waals surface area (Å²) in [5, 5.41) is 0.146. The zero-order valence-electron chi connectivity index (χ0n) is 42.6. The van der Waals surface area contributed by atoms with Crippen molar-refractivity contribution < 1.29 is 51.9 Å². The van der Waals surface area contributed by atoms with E-state index in [-0.39, 0.29) is 89.7 Å². The summed E-state index contributed by atoms with van der Waals surface area (Å²) in [5.41, 5.74) is 1.65. The summed E-state index contributed by atoms with van der Waals surface area (Å²) in [6.45, 7) is 29.9. The highest BCUT2D eigenvalue weighted by Gasteiger charge is 2.68. The number of halogens is 1.